The summed E-state index contributed by atoms with van der Waals surface area (Å²) in [4.78, 5) is 23.2. The highest BCUT2D eigenvalue weighted by Gasteiger charge is 2.34. The lowest BCUT2D eigenvalue weighted by atomic mass is 9.95. The third kappa shape index (κ3) is 4.48. The normalized spacial score (nSPS) is 33.3. The van der Waals surface area contributed by atoms with Crippen molar-refractivity contribution in [1.82, 2.24) is 5.32 Å². The summed E-state index contributed by atoms with van der Waals surface area (Å²) < 4.78 is 5.76. The van der Waals surface area contributed by atoms with Crippen LogP contribution in [0, 0.1) is 5.92 Å². The van der Waals surface area contributed by atoms with Gasteiger partial charge in [-0.05, 0) is 45.3 Å². The van der Waals surface area contributed by atoms with Crippen molar-refractivity contribution in [3.63, 3.8) is 0 Å². The second-order valence-electron chi connectivity index (χ2n) is 5.89. The predicted molar refractivity (Wildman–Crippen MR) is 80.8 cm³/mol. The summed E-state index contributed by atoms with van der Waals surface area (Å²) in [6, 6.07) is 0. The Hall–Kier alpha value is -0.550. The average molecular weight is 299 g/mol. The van der Waals surface area contributed by atoms with Gasteiger partial charge in [-0.1, -0.05) is 0 Å². The number of ketones is 1. The molecule has 2 saturated heterocycles. The van der Waals surface area contributed by atoms with Gasteiger partial charge in [-0.3, -0.25) is 9.59 Å². The number of carbonyl (C=O) groups is 2. The summed E-state index contributed by atoms with van der Waals surface area (Å²) in [5.41, 5.74) is 0. The Balaban J connectivity index is 1.62. The number of amides is 1. The molecule has 0 aromatic rings. The van der Waals surface area contributed by atoms with E-state index < -0.39 is 0 Å². The molecule has 2 aliphatic heterocycles. The minimum absolute atomic E-state index is 0.00421. The lowest BCUT2D eigenvalue weighted by Crippen LogP contribution is -2.30. The number of carbonyl (C=O) groups excluding carboxylic acids is 2. The highest BCUT2D eigenvalue weighted by atomic mass is 32.2. The number of nitrogens with one attached hydrogen (secondary N) is 1. The smallest absolute Gasteiger partial charge is 0.220 e. The molecule has 0 bridgehead atoms. The largest absolute Gasteiger partial charge is 0.374 e. The minimum Gasteiger partial charge on any atom is -0.374 e. The minimum atomic E-state index is -0.00421. The summed E-state index contributed by atoms with van der Waals surface area (Å²) >= 11 is 1.95. The van der Waals surface area contributed by atoms with Crippen molar-refractivity contribution >= 4 is 23.5 Å². The van der Waals surface area contributed by atoms with Gasteiger partial charge in [-0.2, -0.15) is 11.8 Å². The Morgan fingerprint density at radius 3 is 2.80 bits per heavy atom. The molecule has 1 amide bonds. The molecule has 0 radical (unpaired) electrons. The van der Waals surface area contributed by atoms with Crippen molar-refractivity contribution in [1.29, 1.82) is 0 Å². The zero-order valence-corrected chi connectivity index (χ0v) is 13.2. The van der Waals surface area contributed by atoms with E-state index in [0.29, 0.717) is 11.7 Å². The van der Waals surface area contributed by atoms with Crippen LogP contribution in [0.4, 0.5) is 0 Å². The van der Waals surface area contributed by atoms with Crippen LogP contribution in [0.3, 0.4) is 0 Å². The first-order valence-electron chi connectivity index (χ1n) is 7.60. The van der Waals surface area contributed by atoms with Crippen LogP contribution in [0.1, 0.15) is 46.0 Å². The molecule has 114 valence electrons. The Morgan fingerprint density at radius 2 is 2.20 bits per heavy atom. The first-order chi connectivity index (χ1) is 9.56. The van der Waals surface area contributed by atoms with Crippen molar-refractivity contribution in [2.75, 3.05) is 12.3 Å². The fraction of sp³-hybridized carbons (Fsp3) is 0.867. The van der Waals surface area contributed by atoms with Crippen molar-refractivity contribution in [2.24, 2.45) is 5.92 Å². The lowest BCUT2D eigenvalue weighted by molar-refractivity contribution is -0.123. The van der Waals surface area contributed by atoms with Gasteiger partial charge in [0, 0.05) is 24.1 Å². The molecule has 0 aromatic heterocycles. The van der Waals surface area contributed by atoms with Gasteiger partial charge in [0.25, 0.3) is 0 Å². The van der Waals surface area contributed by atoms with Gasteiger partial charge in [-0.15, -0.1) is 0 Å². The summed E-state index contributed by atoms with van der Waals surface area (Å²) in [5, 5.41) is 3.61. The van der Waals surface area contributed by atoms with Crippen LogP contribution < -0.4 is 5.32 Å². The van der Waals surface area contributed by atoms with Crippen LogP contribution in [-0.4, -0.2) is 41.4 Å². The van der Waals surface area contributed by atoms with Gasteiger partial charge in [0.15, 0.2) is 0 Å². The van der Waals surface area contributed by atoms with Gasteiger partial charge >= 0.3 is 0 Å². The van der Waals surface area contributed by atoms with Gasteiger partial charge in [0.05, 0.1) is 12.2 Å². The number of hydrogen-bond acceptors (Lipinski definition) is 4. The molecule has 1 N–H and O–H groups in total. The van der Waals surface area contributed by atoms with E-state index in [2.05, 4.69) is 5.32 Å². The fourth-order valence-corrected chi connectivity index (χ4v) is 4.23. The molecule has 4 nitrogen and oxygen atoms in total. The molecule has 20 heavy (non-hydrogen) atoms. The number of thioether (sulfide) groups is 1. The quantitative estimate of drug-likeness (QED) is 0.816. The van der Waals surface area contributed by atoms with Crippen LogP contribution in [0.2, 0.25) is 0 Å². The number of hydrogen-bond donors (Lipinski definition) is 1. The van der Waals surface area contributed by atoms with Gasteiger partial charge in [0.2, 0.25) is 5.91 Å². The third-order valence-electron chi connectivity index (χ3n) is 4.26. The Morgan fingerprint density at radius 1 is 1.40 bits per heavy atom. The standard InChI is InChI=1S/C15H25NO3S/c1-10(17)14-8-12(19-11(14)2)5-6-15(18)16-9-13-4-3-7-20-13/h11-14H,3-9H2,1-2H3,(H,16,18). The van der Waals surface area contributed by atoms with Crippen LogP contribution in [0.15, 0.2) is 0 Å². The zero-order valence-electron chi connectivity index (χ0n) is 12.4. The molecular weight excluding hydrogens is 274 g/mol. The maximum absolute atomic E-state index is 11.8. The molecule has 0 saturated carbocycles. The highest BCUT2D eigenvalue weighted by Crippen LogP contribution is 2.29. The maximum Gasteiger partial charge on any atom is 0.220 e. The predicted octanol–water partition coefficient (Wildman–Crippen LogP) is 2.16. The number of rotatable bonds is 6. The Labute approximate surface area is 125 Å². The number of ether oxygens (including phenoxy) is 1. The monoisotopic (exact) mass is 299 g/mol. The van der Waals surface area contributed by atoms with E-state index in [1.54, 1.807) is 6.92 Å². The van der Waals surface area contributed by atoms with Crippen LogP contribution in [-0.2, 0) is 14.3 Å². The van der Waals surface area contributed by atoms with Crippen molar-refractivity contribution in [3.8, 4) is 0 Å². The average Bonchev–Trinajstić information content (AvgIpc) is 3.03. The van der Waals surface area contributed by atoms with Crippen LogP contribution >= 0.6 is 11.8 Å². The van der Waals surface area contributed by atoms with E-state index in [1.807, 2.05) is 18.7 Å². The van der Waals surface area contributed by atoms with Crippen molar-refractivity contribution in [2.45, 2.75) is 63.4 Å². The molecular formula is C15H25NO3S. The topological polar surface area (TPSA) is 55.4 Å². The van der Waals surface area contributed by atoms with Crippen molar-refractivity contribution in [3.05, 3.63) is 0 Å². The molecule has 2 fully saturated rings. The molecule has 2 aliphatic rings. The molecule has 0 spiro atoms. The van der Waals surface area contributed by atoms with E-state index in [-0.39, 0.29) is 29.8 Å². The second-order valence-corrected chi connectivity index (χ2v) is 7.30. The first-order valence-corrected chi connectivity index (χ1v) is 8.65. The van der Waals surface area contributed by atoms with Crippen LogP contribution in [0.25, 0.3) is 0 Å². The van der Waals surface area contributed by atoms with Crippen molar-refractivity contribution < 1.29 is 14.3 Å². The second kappa shape index (κ2) is 7.46. The van der Waals surface area contributed by atoms with Gasteiger partial charge in [0.1, 0.15) is 5.78 Å². The molecule has 2 heterocycles. The summed E-state index contributed by atoms with van der Waals surface area (Å²) in [6.45, 7) is 4.36. The fourth-order valence-electron chi connectivity index (χ4n) is 3.02. The number of Topliss-reactive ketones (excluding diaryl/α,β-unsaturated/α-hetero) is 1. The van der Waals surface area contributed by atoms with Gasteiger partial charge < -0.3 is 10.1 Å². The summed E-state index contributed by atoms with van der Waals surface area (Å²) in [6.07, 6.45) is 4.53. The van der Waals surface area contributed by atoms with Gasteiger partial charge in [-0.25, -0.2) is 0 Å². The van der Waals surface area contributed by atoms with E-state index in [9.17, 15) is 9.59 Å². The van der Waals surface area contributed by atoms with E-state index in [1.165, 1.54) is 18.6 Å². The Bertz CT molecular complexity index is 355. The molecule has 0 aromatic carbocycles. The zero-order chi connectivity index (χ0) is 14.5. The molecule has 5 heteroatoms. The van der Waals surface area contributed by atoms with E-state index >= 15 is 0 Å². The van der Waals surface area contributed by atoms with Crippen LogP contribution in [0.5, 0.6) is 0 Å². The van der Waals surface area contributed by atoms with E-state index in [4.69, 9.17) is 4.74 Å². The molecule has 2 rings (SSSR count). The molecule has 4 unspecified atom stereocenters. The SMILES string of the molecule is CC(=O)C1CC(CCC(=O)NCC2CCCS2)OC1C. The summed E-state index contributed by atoms with van der Waals surface area (Å²) in [7, 11) is 0. The van der Waals surface area contributed by atoms with E-state index in [0.717, 1.165) is 19.4 Å². The molecule has 4 atom stereocenters. The lowest BCUT2D eigenvalue weighted by Gasteiger charge is -2.12. The third-order valence-corrected chi connectivity index (χ3v) is 5.66. The first kappa shape index (κ1) is 15.8. The highest BCUT2D eigenvalue weighted by molar-refractivity contribution is 8.00. The maximum atomic E-state index is 11.8. The molecule has 0 aliphatic carbocycles. The Kier molecular flexibility index (Phi) is 5.90. The summed E-state index contributed by atoms with van der Waals surface area (Å²) in [5.74, 6) is 1.54.